The maximum Gasteiger partial charge on any atom is 0.326 e. The Morgan fingerprint density at radius 2 is 1.44 bits per heavy atom. The number of likely N-dealkylation sites (tertiary alicyclic amines) is 2. The standard InChI is InChI=1S/C45H57Cl2N5O3/c1-7-55-38-27-39(43(2,3)4)48-28-37(38)41-49-44(5,33-12-16-35(46)17-13-33)45(6,34-14-18-36(47)19-15-34)52(41)42(54)50-23-20-30(21-24-50)26-40(53)51-25-22-31-10-8-9-11-32(31)29-51/h12-19,27-28,30-32H,7-11,20-26,29H2,1-6H3/t31-,32-,44+,45-/m1/s1. The minimum Gasteiger partial charge on any atom is -0.493 e. The van der Waals surface area contributed by atoms with Gasteiger partial charge in [0.25, 0.3) is 0 Å². The van der Waals surface area contributed by atoms with Crippen LogP contribution in [0.1, 0.15) is 115 Å². The van der Waals surface area contributed by atoms with E-state index in [-0.39, 0.29) is 23.3 Å². The van der Waals surface area contributed by atoms with Crippen LogP contribution in [-0.2, 0) is 21.3 Å². The molecule has 4 atom stereocenters. The molecule has 2 aromatic carbocycles. The number of hydrogen-bond acceptors (Lipinski definition) is 5. The lowest BCUT2D eigenvalue weighted by Crippen LogP contribution is -2.59. The highest BCUT2D eigenvalue weighted by atomic mass is 35.5. The zero-order chi connectivity index (χ0) is 39.1. The van der Waals surface area contributed by atoms with Gasteiger partial charge in [-0.1, -0.05) is 87.5 Å². The van der Waals surface area contributed by atoms with Crippen LogP contribution >= 0.6 is 23.2 Å². The number of amides is 3. The van der Waals surface area contributed by atoms with E-state index in [1.165, 1.54) is 25.7 Å². The van der Waals surface area contributed by atoms with Gasteiger partial charge in [-0.3, -0.25) is 19.7 Å². The SMILES string of the molecule is CCOc1cc(C(C)(C)C)ncc1C1=N[C@@](C)(c2ccc(Cl)cc2)[C@@](C)(c2ccc(Cl)cc2)N1C(=O)N1CCC(CC(=O)N2CC[C@H]3CCCC[C@@H]3C2)CC1. The number of nitrogens with zero attached hydrogens (tertiary/aromatic N) is 5. The van der Waals surface area contributed by atoms with Crippen LogP contribution in [-0.4, -0.2) is 70.2 Å². The molecule has 55 heavy (non-hydrogen) atoms. The van der Waals surface area contributed by atoms with E-state index in [1.807, 2.05) is 77.5 Å². The lowest BCUT2D eigenvalue weighted by atomic mass is 9.71. The normalized spacial score (nSPS) is 26.1. The van der Waals surface area contributed by atoms with E-state index >= 15 is 4.79 Å². The van der Waals surface area contributed by atoms with Crippen molar-refractivity contribution in [2.75, 3.05) is 32.8 Å². The van der Waals surface area contributed by atoms with Gasteiger partial charge in [0.1, 0.15) is 22.7 Å². The second kappa shape index (κ2) is 15.7. The minimum absolute atomic E-state index is 0.139. The molecule has 4 heterocycles. The van der Waals surface area contributed by atoms with E-state index in [9.17, 15) is 4.79 Å². The third-order valence-electron chi connectivity index (χ3n) is 13.1. The second-order valence-corrected chi connectivity index (χ2v) is 18.4. The first-order valence-corrected chi connectivity index (χ1v) is 21.1. The number of pyridine rings is 1. The van der Waals surface area contributed by atoms with E-state index in [1.54, 1.807) is 0 Å². The summed E-state index contributed by atoms with van der Waals surface area (Å²) in [6, 6.07) is 17.3. The highest BCUT2D eigenvalue weighted by Crippen LogP contribution is 2.54. The first kappa shape index (κ1) is 39.6. The Hall–Kier alpha value is -3.62. The van der Waals surface area contributed by atoms with Gasteiger partial charge < -0.3 is 14.5 Å². The minimum atomic E-state index is -1.01. The van der Waals surface area contributed by atoms with Gasteiger partial charge >= 0.3 is 6.03 Å². The molecule has 10 heteroatoms. The van der Waals surface area contributed by atoms with E-state index in [4.69, 9.17) is 37.9 Å². The number of aliphatic imine (C=N–C) groups is 1. The summed E-state index contributed by atoms with van der Waals surface area (Å²) >= 11 is 12.9. The van der Waals surface area contributed by atoms with Gasteiger partial charge in [-0.25, -0.2) is 4.79 Å². The van der Waals surface area contributed by atoms with Crippen molar-refractivity contribution in [2.24, 2.45) is 22.7 Å². The maximum atomic E-state index is 15.4. The Bertz CT molecular complexity index is 1900. The van der Waals surface area contributed by atoms with Gasteiger partial charge in [0, 0.05) is 66.0 Å². The number of halogens is 2. The molecule has 0 spiro atoms. The number of amidine groups is 1. The van der Waals surface area contributed by atoms with Crippen molar-refractivity contribution in [3.05, 3.63) is 93.2 Å². The zero-order valence-corrected chi connectivity index (χ0v) is 34.9. The van der Waals surface area contributed by atoms with Crippen LogP contribution in [0.25, 0.3) is 0 Å². The third-order valence-corrected chi connectivity index (χ3v) is 13.6. The fourth-order valence-corrected chi connectivity index (χ4v) is 9.78. The van der Waals surface area contributed by atoms with Crippen molar-refractivity contribution in [3.8, 4) is 5.75 Å². The van der Waals surface area contributed by atoms with Crippen LogP contribution in [0.3, 0.4) is 0 Å². The molecule has 3 aromatic rings. The van der Waals surface area contributed by atoms with Gasteiger partial charge in [-0.05, 0) is 99.6 Å². The highest BCUT2D eigenvalue weighted by molar-refractivity contribution is 6.30. The lowest BCUT2D eigenvalue weighted by molar-refractivity contribution is -0.135. The smallest absolute Gasteiger partial charge is 0.326 e. The summed E-state index contributed by atoms with van der Waals surface area (Å²) in [5.74, 6) is 3.12. The van der Waals surface area contributed by atoms with Crippen LogP contribution in [0, 0.1) is 17.8 Å². The summed E-state index contributed by atoms with van der Waals surface area (Å²) in [6.45, 7) is 15.9. The monoisotopic (exact) mass is 785 g/mol. The van der Waals surface area contributed by atoms with Crippen molar-refractivity contribution in [1.82, 2.24) is 19.7 Å². The molecule has 294 valence electrons. The summed E-state index contributed by atoms with van der Waals surface area (Å²) in [4.78, 5) is 45.5. The zero-order valence-electron chi connectivity index (χ0n) is 33.4. The second-order valence-electron chi connectivity index (χ2n) is 17.5. The summed E-state index contributed by atoms with van der Waals surface area (Å²) in [5.41, 5.74) is 1.15. The summed E-state index contributed by atoms with van der Waals surface area (Å²) in [5, 5.41) is 1.23. The highest BCUT2D eigenvalue weighted by Gasteiger charge is 2.60. The first-order chi connectivity index (χ1) is 26.2. The number of aromatic nitrogens is 1. The average molecular weight is 787 g/mol. The van der Waals surface area contributed by atoms with Gasteiger partial charge in [-0.2, -0.15) is 0 Å². The van der Waals surface area contributed by atoms with Gasteiger partial charge in [0.15, 0.2) is 0 Å². The number of benzene rings is 2. The predicted octanol–water partition coefficient (Wildman–Crippen LogP) is 10.2. The number of ether oxygens (including phenoxy) is 1. The molecule has 3 aliphatic heterocycles. The van der Waals surface area contributed by atoms with Crippen molar-refractivity contribution < 1.29 is 14.3 Å². The molecule has 0 bridgehead atoms. The van der Waals surface area contributed by atoms with E-state index in [0.29, 0.717) is 59.2 Å². The summed E-state index contributed by atoms with van der Waals surface area (Å²) in [6.07, 6.45) is 10.3. The summed E-state index contributed by atoms with van der Waals surface area (Å²) < 4.78 is 6.33. The molecular weight excluding hydrogens is 729 g/mol. The van der Waals surface area contributed by atoms with Crippen LogP contribution in [0.2, 0.25) is 10.0 Å². The fraction of sp³-hybridized carbons (Fsp3) is 0.556. The number of rotatable bonds is 7. The molecule has 1 aliphatic carbocycles. The molecule has 2 saturated heterocycles. The molecule has 0 N–H and O–H groups in total. The average Bonchev–Trinajstić information content (AvgIpc) is 3.42. The van der Waals surface area contributed by atoms with E-state index in [0.717, 1.165) is 55.1 Å². The number of urea groups is 1. The van der Waals surface area contributed by atoms with Crippen molar-refractivity contribution >= 4 is 41.0 Å². The molecule has 8 nitrogen and oxygen atoms in total. The van der Waals surface area contributed by atoms with Gasteiger partial charge in [0.2, 0.25) is 5.91 Å². The molecular formula is C45H57Cl2N5O3. The Kier molecular flexibility index (Phi) is 11.3. The Balaban J connectivity index is 1.23. The lowest BCUT2D eigenvalue weighted by Gasteiger charge is -2.47. The van der Waals surface area contributed by atoms with Gasteiger partial charge in [-0.15, -0.1) is 0 Å². The third kappa shape index (κ3) is 7.62. The largest absolute Gasteiger partial charge is 0.493 e. The Morgan fingerprint density at radius 1 is 0.836 bits per heavy atom. The quantitative estimate of drug-likeness (QED) is 0.239. The molecule has 3 fully saturated rings. The Labute approximate surface area is 337 Å². The van der Waals surface area contributed by atoms with Crippen molar-refractivity contribution in [1.29, 1.82) is 0 Å². The molecule has 3 amide bonds. The molecule has 0 radical (unpaired) electrons. The number of piperidine rings is 2. The molecule has 4 aliphatic rings. The van der Waals surface area contributed by atoms with Crippen LogP contribution in [0.15, 0.2) is 65.8 Å². The number of hydrogen-bond donors (Lipinski definition) is 0. The van der Waals surface area contributed by atoms with Crippen molar-refractivity contribution in [2.45, 2.75) is 109 Å². The number of fused-ring (bicyclic) bond motifs is 1. The van der Waals surface area contributed by atoms with E-state index < -0.39 is 11.1 Å². The molecule has 7 rings (SSSR count). The molecule has 1 aromatic heterocycles. The van der Waals surface area contributed by atoms with Crippen LogP contribution in [0.5, 0.6) is 5.75 Å². The number of carbonyl (C=O) groups excluding carboxylic acids is 2. The fourth-order valence-electron chi connectivity index (χ4n) is 9.53. The Morgan fingerprint density at radius 3 is 2.05 bits per heavy atom. The maximum absolute atomic E-state index is 15.4. The van der Waals surface area contributed by atoms with Gasteiger partial charge in [0.05, 0.1) is 12.2 Å². The first-order valence-electron chi connectivity index (χ1n) is 20.4. The summed E-state index contributed by atoms with van der Waals surface area (Å²) in [7, 11) is 0. The van der Waals surface area contributed by atoms with Crippen molar-refractivity contribution in [3.63, 3.8) is 0 Å². The topological polar surface area (TPSA) is 78.3 Å². The molecule has 0 unspecified atom stereocenters. The van der Waals surface area contributed by atoms with E-state index in [2.05, 4.69) is 39.5 Å². The van der Waals surface area contributed by atoms with Crippen LogP contribution < -0.4 is 4.74 Å². The predicted molar refractivity (Wildman–Crippen MR) is 221 cm³/mol. The number of carbonyl (C=O) groups is 2. The molecule has 1 saturated carbocycles. The van der Waals surface area contributed by atoms with Crippen LogP contribution in [0.4, 0.5) is 4.79 Å².